The summed E-state index contributed by atoms with van der Waals surface area (Å²) in [6.07, 6.45) is 0.826. The van der Waals surface area contributed by atoms with Crippen LogP contribution in [0.2, 0.25) is 0 Å². The molecule has 0 saturated heterocycles. The predicted molar refractivity (Wildman–Crippen MR) is 44.0 cm³/mol. The number of carbonyl (C=O) groups excluding carboxylic acids is 2. The number of nitrogens with one attached hydrogen (secondary N) is 1. The standard InChI is InChI=1S/C8H14NO3/c1-3-12-8(11)5-4-6-9-7(2)10/h6H,3-5H2,1-2H3,(H,9,10). The predicted octanol–water partition coefficient (Wildman–Crippen LogP) is 0.628. The Kier molecular flexibility index (Phi) is 6.05. The highest BCUT2D eigenvalue weighted by atomic mass is 16.5. The van der Waals surface area contributed by atoms with Gasteiger partial charge in [0.05, 0.1) is 6.61 Å². The first-order chi connectivity index (χ1) is 5.66. The monoisotopic (exact) mass is 172 g/mol. The fourth-order valence-electron chi connectivity index (χ4n) is 0.639. The molecule has 0 fully saturated rings. The average Bonchev–Trinajstić information content (AvgIpc) is 1.98. The van der Waals surface area contributed by atoms with Gasteiger partial charge in [-0.05, 0) is 13.3 Å². The highest BCUT2D eigenvalue weighted by molar-refractivity contribution is 5.73. The van der Waals surface area contributed by atoms with Crippen LogP contribution in [0.5, 0.6) is 0 Å². The lowest BCUT2D eigenvalue weighted by molar-refractivity contribution is -0.143. The summed E-state index contributed by atoms with van der Waals surface area (Å²) in [4.78, 5) is 21.1. The van der Waals surface area contributed by atoms with E-state index in [-0.39, 0.29) is 11.9 Å². The summed E-state index contributed by atoms with van der Waals surface area (Å²) in [6, 6.07) is 0. The van der Waals surface area contributed by atoms with Crippen LogP contribution >= 0.6 is 0 Å². The van der Waals surface area contributed by atoms with Crippen LogP contribution in [0.4, 0.5) is 0 Å². The van der Waals surface area contributed by atoms with Crippen LogP contribution < -0.4 is 5.32 Å². The van der Waals surface area contributed by atoms with E-state index in [0.29, 0.717) is 19.4 Å². The third-order valence-electron chi connectivity index (χ3n) is 1.10. The summed E-state index contributed by atoms with van der Waals surface area (Å²) < 4.78 is 4.68. The van der Waals surface area contributed by atoms with Gasteiger partial charge in [0.25, 0.3) is 0 Å². The Morgan fingerprint density at radius 3 is 2.67 bits per heavy atom. The molecule has 0 atom stereocenters. The van der Waals surface area contributed by atoms with E-state index in [1.807, 2.05) is 0 Å². The molecule has 4 heteroatoms. The molecule has 0 saturated carbocycles. The molecule has 0 unspecified atom stereocenters. The van der Waals surface area contributed by atoms with Gasteiger partial charge in [0, 0.05) is 19.9 Å². The largest absolute Gasteiger partial charge is 0.466 e. The zero-order valence-electron chi connectivity index (χ0n) is 7.42. The van der Waals surface area contributed by atoms with Gasteiger partial charge in [0.1, 0.15) is 0 Å². The maximum absolute atomic E-state index is 10.7. The number of esters is 1. The summed E-state index contributed by atoms with van der Waals surface area (Å²) >= 11 is 0. The molecule has 12 heavy (non-hydrogen) atoms. The van der Waals surface area contributed by atoms with Crippen molar-refractivity contribution >= 4 is 11.9 Å². The molecule has 0 aliphatic carbocycles. The molecule has 0 aromatic rings. The lowest BCUT2D eigenvalue weighted by Crippen LogP contribution is -2.17. The fraction of sp³-hybridized carbons (Fsp3) is 0.625. The zero-order valence-corrected chi connectivity index (χ0v) is 7.42. The maximum Gasteiger partial charge on any atom is 0.305 e. The number of carbonyl (C=O) groups is 2. The van der Waals surface area contributed by atoms with E-state index < -0.39 is 0 Å². The molecule has 0 spiro atoms. The summed E-state index contributed by atoms with van der Waals surface area (Å²) in [6.45, 7) is 5.13. The zero-order chi connectivity index (χ0) is 9.40. The summed E-state index contributed by atoms with van der Waals surface area (Å²) in [5.41, 5.74) is 0. The van der Waals surface area contributed by atoms with Crippen molar-refractivity contribution in [3.63, 3.8) is 0 Å². The second-order valence-corrected chi connectivity index (χ2v) is 2.25. The van der Waals surface area contributed by atoms with Crippen LogP contribution in [-0.2, 0) is 14.3 Å². The van der Waals surface area contributed by atoms with Crippen molar-refractivity contribution in [1.82, 2.24) is 5.32 Å². The van der Waals surface area contributed by atoms with Crippen molar-refractivity contribution < 1.29 is 14.3 Å². The van der Waals surface area contributed by atoms with E-state index in [0.717, 1.165) is 0 Å². The van der Waals surface area contributed by atoms with Crippen molar-refractivity contribution in [2.24, 2.45) is 0 Å². The number of hydrogen-bond acceptors (Lipinski definition) is 3. The molecule has 4 nitrogen and oxygen atoms in total. The Bertz CT molecular complexity index is 156. The molecule has 0 aromatic carbocycles. The van der Waals surface area contributed by atoms with Gasteiger partial charge in [-0.25, -0.2) is 0 Å². The van der Waals surface area contributed by atoms with E-state index in [1.165, 1.54) is 6.92 Å². The lowest BCUT2D eigenvalue weighted by atomic mass is 10.3. The van der Waals surface area contributed by atoms with Crippen molar-refractivity contribution in [2.45, 2.75) is 26.7 Å². The molecule has 0 aromatic heterocycles. The Labute approximate surface area is 72.3 Å². The highest BCUT2D eigenvalue weighted by Crippen LogP contribution is 1.93. The first-order valence-electron chi connectivity index (χ1n) is 3.91. The minimum atomic E-state index is -0.237. The Balaban J connectivity index is 3.19. The van der Waals surface area contributed by atoms with E-state index in [1.54, 1.807) is 13.5 Å². The van der Waals surface area contributed by atoms with Gasteiger partial charge in [-0.2, -0.15) is 0 Å². The van der Waals surface area contributed by atoms with E-state index >= 15 is 0 Å². The molecule has 1 radical (unpaired) electrons. The third-order valence-corrected chi connectivity index (χ3v) is 1.10. The van der Waals surface area contributed by atoms with Gasteiger partial charge in [0.2, 0.25) is 5.91 Å². The van der Waals surface area contributed by atoms with Gasteiger partial charge in [-0.1, -0.05) is 0 Å². The maximum atomic E-state index is 10.7. The molecule has 0 bridgehead atoms. The second-order valence-electron chi connectivity index (χ2n) is 2.25. The lowest BCUT2D eigenvalue weighted by Gasteiger charge is -2.01. The van der Waals surface area contributed by atoms with E-state index in [9.17, 15) is 9.59 Å². The van der Waals surface area contributed by atoms with E-state index in [2.05, 4.69) is 10.1 Å². The van der Waals surface area contributed by atoms with Gasteiger partial charge < -0.3 is 10.1 Å². The number of hydrogen-bond donors (Lipinski definition) is 1. The Morgan fingerprint density at radius 2 is 2.17 bits per heavy atom. The quantitative estimate of drug-likeness (QED) is 0.488. The topological polar surface area (TPSA) is 55.4 Å². The number of ether oxygens (including phenoxy) is 1. The molecule has 1 amide bonds. The van der Waals surface area contributed by atoms with Crippen molar-refractivity contribution in [3.8, 4) is 0 Å². The van der Waals surface area contributed by atoms with Crippen LogP contribution in [-0.4, -0.2) is 18.5 Å². The third kappa shape index (κ3) is 7.05. The van der Waals surface area contributed by atoms with Crippen LogP contribution in [0.1, 0.15) is 26.7 Å². The molecule has 0 aliphatic rings. The van der Waals surface area contributed by atoms with Gasteiger partial charge >= 0.3 is 5.97 Å². The van der Waals surface area contributed by atoms with Crippen LogP contribution in [0, 0.1) is 6.54 Å². The van der Waals surface area contributed by atoms with Crippen molar-refractivity contribution in [2.75, 3.05) is 6.61 Å². The van der Waals surface area contributed by atoms with Crippen molar-refractivity contribution in [3.05, 3.63) is 6.54 Å². The Morgan fingerprint density at radius 1 is 1.50 bits per heavy atom. The fourth-order valence-corrected chi connectivity index (χ4v) is 0.639. The second kappa shape index (κ2) is 6.64. The number of amides is 1. The van der Waals surface area contributed by atoms with Gasteiger partial charge in [-0.3, -0.25) is 9.59 Å². The minimum Gasteiger partial charge on any atom is -0.466 e. The smallest absolute Gasteiger partial charge is 0.305 e. The number of rotatable bonds is 5. The average molecular weight is 172 g/mol. The first-order valence-corrected chi connectivity index (χ1v) is 3.91. The molecular weight excluding hydrogens is 158 g/mol. The SMILES string of the molecule is CCOC(=O)CC[CH]NC(C)=O. The highest BCUT2D eigenvalue weighted by Gasteiger charge is 2.00. The Hall–Kier alpha value is -1.06. The summed E-state index contributed by atoms with van der Waals surface area (Å²) in [7, 11) is 0. The molecule has 0 aliphatic heterocycles. The molecule has 1 N–H and O–H groups in total. The molecule has 0 rings (SSSR count). The van der Waals surface area contributed by atoms with Crippen LogP contribution in [0.25, 0.3) is 0 Å². The first kappa shape index (κ1) is 10.9. The van der Waals surface area contributed by atoms with E-state index in [4.69, 9.17) is 0 Å². The summed E-state index contributed by atoms with van der Waals surface area (Å²) in [5, 5.41) is 2.47. The van der Waals surface area contributed by atoms with Crippen LogP contribution in [0.15, 0.2) is 0 Å². The summed E-state index contributed by atoms with van der Waals surface area (Å²) in [5.74, 6) is -0.363. The minimum absolute atomic E-state index is 0.126. The van der Waals surface area contributed by atoms with Gasteiger partial charge in [0.15, 0.2) is 0 Å². The van der Waals surface area contributed by atoms with Crippen LogP contribution in [0.3, 0.4) is 0 Å². The normalized spacial score (nSPS) is 9.17. The van der Waals surface area contributed by atoms with Crippen molar-refractivity contribution in [1.29, 1.82) is 0 Å². The molecule has 69 valence electrons. The van der Waals surface area contributed by atoms with Gasteiger partial charge in [-0.15, -0.1) is 0 Å². The molecule has 0 heterocycles. The molecular formula is C8H14NO3.